The fraction of sp³-hybridized carbons (Fsp3) is 0.368. The highest BCUT2D eigenvalue weighted by molar-refractivity contribution is 5.85. The summed E-state index contributed by atoms with van der Waals surface area (Å²) in [6.07, 6.45) is 1.03. The Morgan fingerprint density at radius 1 is 0.875 bits per heavy atom. The van der Waals surface area contributed by atoms with Crippen molar-refractivity contribution >= 4 is 12.4 Å². The number of ether oxygens (including phenoxy) is 2. The second-order valence-electron chi connectivity index (χ2n) is 5.78. The van der Waals surface area contributed by atoms with Gasteiger partial charge in [-0.2, -0.15) is 0 Å². The molecule has 0 saturated carbocycles. The molecule has 2 aromatic carbocycles. The summed E-state index contributed by atoms with van der Waals surface area (Å²) in [5.74, 6) is 1.69. The molecule has 0 atom stereocenters. The highest BCUT2D eigenvalue weighted by Crippen LogP contribution is 2.31. The topological polar surface area (TPSA) is 47.7 Å². The Morgan fingerprint density at radius 3 is 2.38 bits per heavy atom. The number of fused-ring (bicyclic) bond motifs is 1. The maximum Gasteiger partial charge on any atom is 0.161 e. The number of hydrogen-bond acceptors (Lipinski definition) is 4. The zero-order chi connectivity index (χ0) is 15.9. The molecule has 0 fully saturated rings. The standard InChI is InChI=1S/C19H24N2O2.ClH/c20-9-11-21(10-8-16-4-2-1-3-5-16)15-17-6-7-18-19(14-17)23-13-12-22-18;/h1-7,14H,8-13,15,20H2;1H. The molecule has 5 heteroatoms. The van der Waals surface area contributed by atoms with Crippen molar-refractivity contribution in [1.82, 2.24) is 4.90 Å². The normalized spacial score (nSPS) is 12.8. The van der Waals surface area contributed by atoms with Crippen molar-refractivity contribution in [3.05, 3.63) is 59.7 Å². The minimum atomic E-state index is 0. The number of hydrogen-bond donors (Lipinski definition) is 1. The second-order valence-corrected chi connectivity index (χ2v) is 5.78. The summed E-state index contributed by atoms with van der Waals surface area (Å²) in [7, 11) is 0. The first-order valence-corrected chi connectivity index (χ1v) is 8.20. The monoisotopic (exact) mass is 348 g/mol. The Bertz CT molecular complexity index is 622. The van der Waals surface area contributed by atoms with Crippen molar-refractivity contribution in [3.8, 4) is 11.5 Å². The lowest BCUT2D eigenvalue weighted by Gasteiger charge is -2.23. The second kappa shape index (κ2) is 9.52. The largest absolute Gasteiger partial charge is 0.486 e. The molecule has 130 valence electrons. The van der Waals surface area contributed by atoms with Crippen molar-refractivity contribution in [3.63, 3.8) is 0 Å². The van der Waals surface area contributed by atoms with E-state index in [9.17, 15) is 0 Å². The summed E-state index contributed by atoms with van der Waals surface area (Å²) >= 11 is 0. The molecule has 1 aliphatic rings. The molecule has 0 aliphatic carbocycles. The highest BCUT2D eigenvalue weighted by atomic mass is 35.5. The van der Waals surface area contributed by atoms with Crippen LogP contribution in [0.2, 0.25) is 0 Å². The molecule has 0 radical (unpaired) electrons. The van der Waals surface area contributed by atoms with Gasteiger partial charge in [-0.3, -0.25) is 4.90 Å². The number of benzene rings is 2. The number of halogens is 1. The van der Waals surface area contributed by atoms with Crippen LogP contribution in [0.5, 0.6) is 11.5 Å². The van der Waals surface area contributed by atoms with Crippen LogP contribution in [0, 0.1) is 0 Å². The SMILES string of the molecule is Cl.NCCN(CCc1ccccc1)Cc1ccc2c(c1)OCCO2. The van der Waals surface area contributed by atoms with Gasteiger partial charge in [0.05, 0.1) is 0 Å². The van der Waals surface area contributed by atoms with Crippen molar-refractivity contribution in [2.45, 2.75) is 13.0 Å². The predicted molar refractivity (Wildman–Crippen MR) is 99.2 cm³/mol. The van der Waals surface area contributed by atoms with E-state index in [0.29, 0.717) is 19.8 Å². The fourth-order valence-corrected chi connectivity index (χ4v) is 2.83. The van der Waals surface area contributed by atoms with E-state index in [4.69, 9.17) is 15.2 Å². The van der Waals surface area contributed by atoms with Crippen LogP contribution in [0.1, 0.15) is 11.1 Å². The molecule has 0 amide bonds. The van der Waals surface area contributed by atoms with Gasteiger partial charge in [0.25, 0.3) is 0 Å². The number of rotatable bonds is 7. The molecule has 24 heavy (non-hydrogen) atoms. The molecule has 1 aliphatic heterocycles. The Labute approximate surface area is 150 Å². The van der Waals surface area contributed by atoms with Gasteiger partial charge in [-0.05, 0) is 29.7 Å². The van der Waals surface area contributed by atoms with E-state index in [2.05, 4.69) is 47.4 Å². The summed E-state index contributed by atoms with van der Waals surface area (Å²) in [6.45, 7) is 4.68. The molecule has 2 N–H and O–H groups in total. The van der Waals surface area contributed by atoms with Gasteiger partial charge in [0.2, 0.25) is 0 Å². The zero-order valence-electron chi connectivity index (χ0n) is 13.8. The quantitative estimate of drug-likeness (QED) is 0.835. The smallest absolute Gasteiger partial charge is 0.161 e. The van der Waals surface area contributed by atoms with Crippen LogP contribution in [0.15, 0.2) is 48.5 Å². The summed E-state index contributed by atoms with van der Waals surface area (Å²) in [5.41, 5.74) is 8.37. The van der Waals surface area contributed by atoms with E-state index in [1.165, 1.54) is 11.1 Å². The molecule has 3 rings (SSSR count). The lowest BCUT2D eigenvalue weighted by molar-refractivity contribution is 0.171. The van der Waals surface area contributed by atoms with Crippen LogP contribution in [0.3, 0.4) is 0 Å². The van der Waals surface area contributed by atoms with Crippen LogP contribution in [0.25, 0.3) is 0 Å². The van der Waals surface area contributed by atoms with E-state index in [1.807, 2.05) is 6.07 Å². The van der Waals surface area contributed by atoms with Gasteiger partial charge in [-0.15, -0.1) is 12.4 Å². The first kappa shape index (κ1) is 18.6. The first-order valence-electron chi connectivity index (χ1n) is 8.20. The lowest BCUT2D eigenvalue weighted by atomic mass is 10.1. The average Bonchev–Trinajstić information content (AvgIpc) is 2.61. The lowest BCUT2D eigenvalue weighted by Crippen LogP contribution is -2.31. The predicted octanol–water partition coefficient (Wildman–Crippen LogP) is 2.88. The van der Waals surface area contributed by atoms with Gasteiger partial charge in [0.1, 0.15) is 13.2 Å². The van der Waals surface area contributed by atoms with E-state index < -0.39 is 0 Å². The van der Waals surface area contributed by atoms with Crippen molar-refractivity contribution < 1.29 is 9.47 Å². The Morgan fingerprint density at radius 2 is 1.62 bits per heavy atom. The van der Waals surface area contributed by atoms with Crippen LogP contribution in [0.4, 0.5) is 0 Å². The van der Waals surface area contributed by atoms with Gasteiger partial charge in [0, 0.05) is 26.2 Å². The number of nitrogens with two attached hydrogens (primary N) is 1. The van der Waals surface area contributed by atoms with Gasteiger partial charge in [-0.25, -0.2) is 0 Å². The van der Waals surface area contributed by atoms with E-state index in [0.717, 1.165) is 37.6 Å². The maximum absolute atomic E-state index is 5.78. The van der Waals surface area contributed by atoms with Crippen LogP contribution >= 0.6 is 12.4 Å². The Hall–Kier alpha value is -1.75. The highest BCUT2D eigenvalue weighted by Gasteiger charge is 2.13. The van der Waals surface area contributed by atoms with Gasteiger partial charge in [-0.1, -0.05) is 36.4 Å². The molecule has 0 unspecified atom stereocenters. The van der Waals surface area contributed by atoms with Crippen molar-refractivity contribution in [1.29, 1.82) is 0 Å². The fourth-order valence-electron chi connectivity index (χ4n) is 2.83. The Kier molecular flexibility index (Phi) is 7.37. The summed E-state index contributed by atoms with van der Waals surface area (Å²) < 4.78 is 11.2. The molecular formula is C19H25ClN2O2. The van der Waals surface area contributed by atoms with Crippen LogP contribution in [-0.2, 0) is 13.0 Å². The number of nitrogens with zero attached hydrogens (tertiary/aromatic N) is 1. The average molecular weight is 349 g/mol. The van der Waals surface area contributed by atoms with Crippen LogP contribution < -0.4 is 15.2 Å². The summed E-state index contributed by atoms with van der Waals surface area (Å²) in [6, 6.07) is 16.8. The molecule has 0 saturated heterocycles. The van der Waals surface area contributed by atoms with E-state index in [-0.39, 0.29) is 12.4 Å². The minimum absolute atomic E-state index is 0. The van der Waals surface area contributed by atoms with Crippen molar-refractivity contribution in [2.24, 2.45) is 5.73 Å². The first-order chi connectivity index (χ1) is 11.3. The molecule has 2 aromatic rings. The maximum atomic E-state index is 5.78. The van der Waals surface area contributed by atoms with Gasteiger partial charge < -0.3 is 15.2 Å². The van der Waals surface area contributed by atoms with Crippen LogP contribution in [-0.4, -0.2) is 37.7 Å². The molecule has 0 spiro atoms. The summed E-state index contributed by atoms with van der Waals surface area (Å²) in [4.78, 5) is 2.39. The third-order valence-electron chi connectivity index (χ3n) is 4.02. The van der Waals surface area contributed by atoms with Crippen molar-refractivity contribution in [2.75, 3.05) is 32.8 Å². The van der Waals surface area contributed by atoms with Gasteiger partial charge in [0.15, 0.2) is 11.5 Å². The van der Waals surface area contributed by atoms with E-state index in [1.54, 1.807) is 0 Å². The molecule has 4 nitrogen and oxygen atoms in total. The zero-order valence-corrected chi connectivity index (χ0v) is 14.6. The summed E-state index contributed by atoms with van der Waals surface area (Å²) in [5, 5.41) is 0. The van der Waals surface area contributed by atoms with Gasteiger partial charge >= 0.3 is 0 Å². The third kappa shape index (κ3) is 5.13. The van der Waals surface area contributed by atoms with E-state index >= 15 is 0 Å². The molecule has 0 aromatic heterocycles. The minimum Gasteiger partial charge on any atom is -0.486 e. The molecular weight excluding hydrogens is 324 g/mol. The molecule has 0 bridgehead atoms. The third-order valence-corrected chi connectivity index (χ3v) is 4.02. The molecule has 1 heterocycles. The Balaban J connectivity index is 0.00000208.